The smallest absolute Gasteiger partial charge is 0.130 e. The number of aromatic nitrogens is 1. The summed E-state index contributed by atoms with van der Waals surface area (Å²) in [6, 6.07) is 13.5. The van der Waals surface area contributed by atoms with Crippen LogP contribution in [0.4, 0.5) is 0 Å². The molecular formula is C15H16ClNO2. The van der Waals surface area contributed by atoms with Crippen molar-refractivity contribution >= 4 is 11.6 Å². The normalized spacial score (nSPS) is 10.4. The molecule has 0 saturated heterocycles. The quantitative estimate of drug-likeness (QED) is 0.757. The van der Waals surface area contributed by atoms with Crippen LogP contribution in [0.5, 0.6) is 5.75 Å². The number of hydrogen-bond donors (Lipinski definition) is 0. The molecule has 100 valence electrons. The molecule has 1 heterocycles. The topological polar surface area (TPSA) is 31.4 Å². The van der Waals surface area contributed by atoms with E-state index in [0.29, 0.717) is 11.8 Å². The third kappa shape index (κ3) is 4.54. The van der Waals surface area contributed by atoms with Crippen LogP contribution in [0.25, 0.3) is 0 Å². The molecule has 0 saturated carbocycles. The summed E-state index contributed by atoms with van der Waals surface area (Å²) in [6.45, 7) is 1.14. The Labute approximate surface area is 118 Å². The average Bonchev–Trinajstić information content (AvgIpc) is 2.44. The average molecular weight is 278 g/mol. The molecule has 0 aliphatic heterocycles. The monoisotopic (exact) mass is 277 g/mol. The summed E-state index contributed by atoms with van der Waals surface area (Å²) < 4.78 is 10.7. The standard InChI is InChI=1S/C15H16ClNO2/c1-18-10-9-12-5-7-14(8-6-12)19-11-13-3-2-4-15(16)17-13/h2-8H,9-11H2,1H3. The van der Waals surface area contributed by atoms with Crippen molar-refractivity contribution in [2.75, 3.05) is 13.7 Å². The Hall–Kier alpha value is -1.58. The largest absolute Gasteiger partial charge is 0.487 e. The van der Waals surface area contributed by atoms with Gasteiger partial charge in [0, 0.05) is 7.11 Å². The zero-order valence-electron chi connectivity index (χ0n) is 10.8. The van der Waals surface area contributed by atoms with E-state index >= 15 is 0 Å². The maximum atomic E-state index is 5.82. The number of halogens is 1. The fourth-order valence-corrected chi connectivity index (χ4v) is 1.84. The maximum absolute atomic E-state index is 5.82. The number of methoxy groups -OCH3 is 1. The second-order valence-electron chi connectivity index (χ2n) is 4.13. The van der Waals surface area contributed by atoms with Crippen LogP contribution in [0.3, 0.4) is 0 Å². The number of nitrogens with zero attached hydrogens (tertiary/aromatic N) is 1. The Morgan fingerprint density at radius 2 is 1.89 bits per heavy atom. The van der Waals surface area contributed by atoms with Gasteiger partial charge >= 0.3 is 0 Å². The van der Waals surface area contributed by atoms with Gasteiger partial charge in [-0.25, -0.2) is 4.98 Å². The first-order valence-corrected chi connectivity index (χ1v) is 6.48. The fourth-order valence-electron chi connectivity index (χ4n) is 1.66. The first kappa shape index (κ1) is 13.8. The summed E-state index contributed by atoms with van der Waals surface area (Å²) in [7, 11) is 1.70. The molecule has 0 fully saturated rings. The highest BCUT2D eigenvalue weighted by atomic mass is 35.5. The Morgan fingerprint density at radius 1 is 1.11 bits per heavy atom. The van der Waals surface area contributed by atoms with Gasteiger partial charge in [-0.05, 0) is 36.2 Å². The highest BCUT2D eigenvalue weighted by molar-refractivity contribution is 6.29. The van der Waals surface area contributed by atoms with Crippen LogP contribution in [0.2, 0.25) is 5.15 Å². The summed E-state index contributed by atoms with van der Waals surface area (Å²) in [4.78, 5) is 4.17. The molecule has 0 spiro atoms. The number of hydrogen-bond acceptors (Lipinski definition) is 3. The molecule has 19 heavy (non-hydrogen) atoms. The van der Waals surface area contributed by atoms with Gasteiger partial charge in [-0.1, -0.05) is 29.8 Å². The van der Waals surface area contributed by atoms with Gasteiger partial charge < -0.3 is 9.47 Å². The van der Waals surface area contributed by atoms with E-state index in [1.165, 1.54) is 5.56 Å². The Bertz CT molecular complexity index is 514. The van der Waals surface area contributed by atoms with Crippen molar-refractivity contribution in [3.8, 4) is 5.75 Å². The highest BCUT2D eigenvalue weighted by Crippen LogP contribution is 2.14. The van der Waals surface area contributed by atoms with E-state index in [2.05, 4.69) is 4.98 Å². The molecule has 0 aliphatic carbocycles. The lowest BCUT2D eigenvalue weighted by Gasteiger charge is -2.07. The molecule has 4 heteroatoms. The van der Waals surface area contributed by atoms with E-state index < -0.39 is 0 Å². The fraction of sp³-hybridized carbons (Fsp3) is 0.267. The Morgan fingerprint density at radius 3 is 2.58 bits per heavy atom. The van der Waals surface area contributed by atoms with Crippen molar-refractivity contribution in [3.05, 3.63) is 58.9 Å². The molecule has 2 rings (SSSR count). The number of benzene rings is 1. The van der Waals surface area contributed by atoms with E-state index in [1.54, 1.807) is 13.2 Å². The van der Waals surface area contributed by atoms with E-state index in [9.17, 15) is 0 Å². The van der Waals surface area contributed by atoms with Crippen LogP contribution in [-0.2, 0) is 17.8 Å². The van der Waals surface area contributed by atoms with Crippen LogP contribution < -0.4 is 4.74 Å². The van der Waals surface area contributed by atoms with E-state index in [0.717, 1.165) is 24.5 Å². The van der Waals surface area contributed by atoms with Crippen molar-refractivity contribution in [2.24, 2.45) is 0 Å². The van der Waals surface area contributed by atoms with Crippen LogP contribution in [-0.4, -0.2) is 18.7 Å². The number of pyridine rings is 1. The van der Waals surface area contributed by atoms with Crippen LogP contribution in [0.15, 0.2) is 42.5 Å². The second kappa shape index (κ2) is 7.12. The number of rotatable bonds is 6. The summed E-state index contributed by atoms with van der Waals surface area (Å²) in [5, 5.41) is 0.482. The zero-order chi connectivity index (χ0) is 13.5. The third-order valence-corrected chi connectivity index (χ3v) is 2.89. The first-order chi connectivity index (χ1) is 9.28. The minimum Gasteiger partial charge on any atom is -0.487 e. The van der Waals surface area contributed by atoms with Gasteiger partial charge in [0.1, 0.15) is 17.5 Å². The van der Waals surface area contributed by atoms with Gasteiger partial charge in [-0.2, -0.15) is 0 Å². The zero-order valence-corrected chi connectivity index (χ0v) is 11.6. The van der Waals surface area contributed by atoms with Crippen molar-refractivity contribution in [1.29, 1.82) is 0 Å². The first-order valence-electron chi connectivity index (χ1n) is 6.10. The predicted molar refractivity (Wildman–Crippen MR) is 75.6 cm³/mol. The van der Waals surface area contributed by atoms with Crippen molar-refractivity contribution in [2.45, 2.75) is 13.0 Å². The molecule has 1 aromatic heterocycles. The SMILES string of the molecule is COCCc1ccc(OCc2cccc(Cl)n2)cc1. The van der Waals surface area contributed by atoms with E-state index in [1.807, 2.05) is 36.4 Å². The molecule has 0 N–H and O–H groups in total. The van der Waals surface area contributed by atoms with Gasteiger partial charge in [0.05, 0.1) is 12.3 Å². The summed E-state index contributed by atoms with van der Waals surface area (Å²) in [6.07, 6.45) is 0.909. The van der Waals surface area contributed by atoms with Gasteiger partial charge in [0.2, 0.25) is 0 Å². The van der Waals surface area contributed by atoms with Crippen molar-refractivity contribution in [3.63, 3.8) is 0 Å². The lowest BCUT2D eigenvalue weighted by Crippen LogP contribution is -1.99. The molecule has 0 amide bonds. The summed E-state index contributed by atoms with van der Waals surface area (Å²) in [5.74, 6) is 0.822. The second-order valence-corrected chi connectivity index (χ2v) is 4.51. The Kier molecular flexibility index (Phi) is 5.19. The van der Waals surface area contributed by atoms with Crippen molar-refractivity contribution in [1.82, 2.24) is 4.98 Å². The highest BCUT2D eigenvalue weighted by Gasteiger charge is 1.99. The molecule has 1 aromatic carbocycles. The van der Waals surface area contributed by atoms with Gasteiger partial charge in [0.15, 0.2) is 0 Å². The molecule has 0 bridgehead atoms. The molecule has 0 aliphatic rings. The van der Waals surface area contributed by atoms with Crippen LogP contribution in [0.1, 0.15) is 11.3 Å². The van der Waals surface area contributed by atoms with Crippen molar-refractivity contribution < 1.29 is 9.47 Å². The van der Waals surface area contributed by atoms with E-state index in [-0.39, 0.29) is 0 Å². The predicted octanol–water partition coefficient (Wildman–Crippen LogP) is 3.50. The Balaban J connectivity index is 1.89. The molecule has 0 unspecified atom stereocenters. The van der Waals surface area contributed by atoms with Gasteiger partial charge in [0.25, 0.3) is 0 Å². The molecule has 2 aromatic rings. The lowest BCUT2D eigenvalue weighted by atomic mass is 10.1. The van der Waals surface area contributed by atoms with E-state index in [4.69, 9.17) is 21.1 Å². The maximum Gasteiger partial charge on any atom is 0.130 e. The minimum absolute atomic E-state index is 0.415. The third-order valence-electron chi connectivity index (χ3n) is 2.68. The van der Waals surface area contributed by atoms with Gasteiger partial charge in [-0.15, -0.1) is 0 Å². The molecule has 0 atom stereocenters. The molecule has 3 nitrogen and oxygen atoms in total. The number of ether oxygens (including phenoxy) is 2. The summed E-state index contributed by atoms with van der Waals surface area (Å²) in [5.41, 5.74) is 2.05. The van der Waals surface area contributed by atoms with Crippen LogP contribution >= 0.6 is 11.6 Å². The van der Waals surface area contributed by atoms with Crippen LogP contribution in [0, 0.1) is 0 Å². The summed E-state index contributed by atoms with van der Waals surface area (Å²) >= 11 is 5.82. The lowest BCUT2D eigenvalue weighted by molar-refractivity contribution is 0.202. The minimum atomic E-state index is 0.415. The van der Waals surface area contributed by atoms with Gasteiger partial charge in [-0.3, -0.25) is 0 Å². The molecular weight excluding hydrogens is 262 g/mol. The molecule has 0 radical (unpaired) electrons.